The summed E-state index contributed by atoms with van der Waals surface area (Å²) in [6.07, 6.45) is 2.64. The highest BCUT2D eigenvalue weighted by atomic mass is 35.5. The van der Waals surface area contributed by atoms with Gasteiger partial charge in [-0.1, -0.05) is 18.2 Å². The highest BCUT2D eigenvalue weighted by Crippen LogP contribution is 2.26. The normalized spacial score (nSPS) is 21.9. The van der Waals surface area contributed by atoms with Gasteiger partial charge in [0, 0.05) is 37.4 Å². The van der Waals surface area contributed by atoms with Crippen molar-refractivity contribution in [3.8, 4) is 0 Å². The number of carbonyl (C=O) groups excluding carboxylic acids is 1. The predicted octanol–water partition coefficient (Wildman–Crippen LogP) is 3.08. The van der Waals surface area contributed by atoms with Gasteiger partial charge in [0.25, 0.3) is 5.91 Å². The molecule has 0 saturated carbocycles. The van der Waals surface area contributed by atoms with E-state index in [9.17, 15) is 4.79 Å². The Kier molecular flexibility index (Phi) is 6.34. The number of carbonyl (C=O) groups is 1. The van der Waals surface area contributed by atoms with Crippen molar-refractivity contribution < 1.29 is 4.79 Å². The molecule has 4 rings (SSSR count). The maximum atomic E-state index is 12.8. The maximum absolute atomic E-state index is 12.8. The van der Waals surface area contributed by atoms with E-state index >= 15 is 0 Å². The number of amides is 1. The zero-order valence-corrected chi connectivity index (χ0v) is 16.1. The fourth-order valence-corrected chi connectivity index (χ4v) is 4.85. The van der Waals surface area contributed by atoms with E-state index in [0.717, 1.165) is 43.5 Å². The largest absolute Gasteiger partial charge is 0.335 e. The second kappa shape index (κ2) is 8.49. The van der Waals surface area contributed by atoms with Crippen LogP contribution in [-0.4, -0.2) is 61.5 Å². The van der Waals surface area contributed by atoms with Crippen LogP contribution in [0.3, 0.4) is 0 Å². The molecule has 4 nitrogen and oxygen atoms in total. The van der Waals surface area contributed by atoms with Gasteiger partial charge >= 0.3 is 0 Å². The number of rotatable bonds is 3. The lowest BCUT2D eigenvalue weighted by Crippen LogP contribution is -2.50. The summed E-state index contributed by atoms with van der Waals surface area (Å²) in [5.41, 5.74) is 0. The Balaban J connectivity index is 0.00000182. The number of piperidine rings is 1. The molecule has 0 radical (unpaired) electrons. The van der Waals surface area contributed by atoms with Crippen LogP contribution in [0, 0.1) is 5.92 Å². The Labute approximate surface area is 159 Å². The number of nitrogens with zero attached hydrogens (tertiary/aromatic N) is 2. The summed E-state index contributed by atoms with van der Waals surface area (Å²) in [5, 5.41) is 4.67. The number of hydrogen-bond acceptors (Lipinski definition) is 4. The molecule has 136 valence electrons. The minimum atomic E-state index is 0. The molecule has 2 aliphatic rings. The molecule has 0 bridgehead atoms. The summed E-state index contributed by atoms with van der Waals surface area (Å²) >= 11 is 1.62. The van der Waals surface area contributed by atoms with E-state index in [1.54, 1.807) is 11.3 Å². The summed E-state index contributed by atoms with van der Waals surface area (Å²) in [4.78, 5) is 18.2. The molecule has 25 heavy (non-hydrogen) atoms. The summed E-state index contributed by atoms with van der Waals surface area (Å²) in [6.45, 7) is 7.23. The van der Waals surface area contributed by atoms with Gasteiger partial charge in [-0.05, 0) is 49.4 Å². The summed E-state index contributed by atoms with van der Waals surface area (Å²) in [6, 6.07) is 10.3. The third kappa shape index (κ3) is 4.34. The van der Waals surface area contributed by atoms with Crippen LogP contribution < -0.4 is 5.32 Å². The van der Waals surface area contributed by atoms with E-state index in [4.69, 9.17) is 0 Å². The van der Waals surface area contributed by atoms with Gasteiger partial charge in [0.2, 0.25) is 0 Å². The van der Waals surface area contributed by atoms with E-state index in [2.05, 4.69) is 22.3 Å². The molecule has 2 fully saturated rings. The fraction of sp³-hybridized carbons (Fsp3) is 0.526. The molecule has 1 aromatic carbocycles. The first-order valence-corrected chi connectivity index (χ1v) is 9.82. The standard InChI is InChI=1S/C19H25N3OS.ClH/c23-19(18-12-16-5-1-2-6-17(16)24-18)22-10-8-21(9-11-22)14-15-4-3-7-20-13-15;/h1-2,5-6,12,15,20H,3-4,7-11,13-14H2;1H. The lowest BCUT2D eigenvalue weighted by atomic mass is 9.99. The number of halogens is 1. The van der Waals surface area contributed by atoms with E-state index in [-0.39, 0.29) is 18.3 Å². The van der Waals surface area contributed by atoms with Crippen LogP contribution in [0.4, 0.5) is 0 Å². The van der Waals surface area contributed by atoms with Gasteiger partial charge in [0.1, 0.15) is 0 Å². The molecule has 1 atom stereocenters. The molecule has 0 aliphatic carbocycles. The SMILES string of the molecule is Cl.O=C(c1cc2ccccc2s1)N1CCN(CC2CCCNC2)CC1. The zero-order valence-electron chi connectivity index (χ0n) is 14.4. The van der Waals surface area contributed by atoms with E-state index < -0.39 is 0 Å². The Morgan fingerprint density at radius 1 is 1.20 bits per heavy atom. The smallest absolute Gasteiger partial charge is 0.264 e. The molecule has 6 heteroatoms. The molecule has 2 saturated heterocycles. The van der Waals surface area contributed by atoms with Crippen LogP contribution in [0.1, 0.15) is 22.5 Å². The highest BCUT2D eigenvalue weighted by molar-refractivity contribution is 7.20. The average Bonchev–Trinajstić information content (AvgIpc) is 3.07. The quantitative estimate of drug-likeness (QED) is 0.890. The lowest BCUT2D eigenvalue weighted by Gasteiger charge is -2.37. The molecule has 2 aromatic rings. The van der Waals surface area contributed by atoms with Gasteiger partial charge in [-0.15, -0.1) is 23.7 Å². The topological polar surface area (TPSA) is 35.6 Å². The van der Waals surface area contributed by atoms with Crippen LogP contribution in [0.25, 0.3) is 10.1 Å². The average molecular weight is 380 g/mol. The summed E-state index contributed by atoms with van der Waals surface area (Å²) < 4.78 is 1.20. The van der Waals surface area contributed by atoms with Gasteiger partial charge < -0.3 is 10.2 Å². The van der Waals surface area contributed by atoms with Crippen molar-refractivity contribution in [2.45, 2.75) is 12.8 Å². The number of fused-ring (bicyclic) bond motifs is 1. The first-order chi connectivity index (χ1) is 11.8. The van der Waals surface area contributed by atoms with Gasteiger partial charge in [0.15, 0.2) is 0 Å². The van der Waals surface area contributed by atoms with Crippen LogP contribution in [0.15, 0.2) is 30.3 Å². The zero-order chi connectivity index (χ0) is 16.4. The first kappa shape index (κ1) is 18.6. The third-order valence-corrected chi connectivity index (χ3v) is 6.32. The van der Waals surface area contributed by atoms with Crippen molar-refractivity contribution in [1.82, 2.24) is 15.1 Å². The van der Waals surface area contributed by atoms with Crippen molar-refractivity contribution in [1.29, 1.82) is 0 Å². The Hall–Kier alpha value is -1.14. The monoisotopic (exact) mass is 379 g/mol. The molecule has 1 amide bonds. The van der Waals surface area contributed by atoms with Crippen molar-refractivity contribution in [2.24, 2.45) is 5.92 Å². The Morgan fingerprint density at radius 2 is 2.00 bits per heavy atom. The third-order valence-electron chi connectivity index (χ3n) is 5.21. The molecule has 0 spiro atoms. The van der Waals surface area contributed by atoms with Gasteiger partial charge in [-0.2, -0.15) is 0 Å². The molecule has 1 unspecified atom stereocenters. The molecule has 1 aromatic heterocycles. The van der Waals surface area contributed by atoms with E-state index in [1.165, 1.54) is 36.0 Å². The van der Waals surface area contributed by atoms with Gasteiger partial charge in [0.05, 0.1) is 4.88 Å². The lowest BCUT2D eigenvalue weighted by molar-refractivity contribution is 0.0614. The van der Waals surface area contributed by atoms with Crippen molar-refractivity contribution >= 4 is 39.7 Å². The first-order valence-electron chi connectivity index (χ1n) is 9.00. The van der Waals surface area contributed by atoms with Crippen LogP contribution >= 0.6 is 23.7 Å². The van der Waals surface area contributed by atoms with Gasteiger partial charge in [-0.25, -0.2) is 0 Å². The number of piperazine rings is 1. The van der Waals surface area contributed by atoms with E-state index in [0.29, 0.717) is 0 Å². The van der Waals surface area contributed by atoms with E-state index in [1.807, 2.05) is 23.1 Å². The maximum Gasteiger partial charge on any atom is 0.264 e. The van der Waals surface area contributed by atoms with Crippen LogP contribution in [0.2, 0.25) is 0 Å². The fourth-order valence-electron chi connectivity index (χ4n) is 3.82. The molecule has 3 heterocycles. The van der Waals surface area contributed by atoms with Crippen LogP contribution in [0.5, 0.6) is 0 Å². The number of benzene rings is 1. The summed E-state index contributed by atoms with van der Waals surface area (Å²) in [5.74, 6) is 0.985. The molecule has 1 N–H and O–H groups in total. The molecule has 2 aliphatic heterocycles. The Bertz CT molecular complexity index is 673. The van der Waals surface area contributed by atoms with Gasteiger partial charge in [-0.3, -0.25) is 9.69 Å². The molecular weight excluding hydrogens is 354 g/mol. The highest BCUT2D eigenvalue weighted by Gasteiger charge is 2.25. The number of nitrogens with one attached hydrogen (secondary N) is 1. The predicted molar refractivity (Wildman–Crippen MR) is 107 cm³/mol. The Morgan fingerprint density at radius 3 is 2.72 bits per heavy atom. The summed E-state index contributed by atoms with van der Waals surface area (Å²) in [7, 11) is 0. The molecular formula is C19H26ClN3OS. The van der Waals surface area contributed by atoms with Crippen molar-refractivity contribution in [3.63, 3.8) is 0 Å². The second-order valence-corrected chi connectivity index (χ2v) is 8.04. The number of hydrogen-bond donors (Lipinski definition) is 1. The number of thiophene rings is 1. The minimum Gasteiger partial charge on any atom is -0.335 e. The second-order valence-electron chi connectivity index (χ2n) is 6.95. The van der Waals surface area contributed by atoms with Crippen molar-refractivity contribution in [3.05, 3.63) is 35.2 Å². The van der Waals surface area contributed by atoms with Crippen LogP contribution in [-0.2, 0) is 0 Å². The van der Waals surface area contributed by atoms with Crippen molar-refractivity contribution in [2.75, 3.05) is 45.8 Å². The minimum absolute atomic E-state index is 0.